The average molecular weight is 303 g/mol. The Balaban J connectivity index is 2.42. The van der Waals surface area contributed by atoms with Gasteiger partial charge in [-0.05, 0) is 35.5 Å². The van der Waals surface area contributed by atoms with E-state index in [1.807, 2.05) is 0 Å². The van der Waals surface area contributed by atoms with Crippen molar-refractivity contribution in [3.8, 4) is 0 Å². The van der Waals surface area contributed by atoms with Crippen molar-refractivity contribution in [1.82, 2.24) is 15.0 Å². The van der Waals surface area contributed by atoms with E-state index >= 15 is 0 Å². The number of aromatic nitrogens is 3. The summed E-state index contributed by atoms with van der Waals surface area (Å²) in [5.74, 6) is 0. The maximum absolute atomic E-state index is 10.8. The first-order chi connectivity index (χ1) is 8.58. The molecule has 2 aromatic heterocycles. The topological polar surface area (TPSA) is 81.8 Å². The van der Waals surface area contributed by atoms with Crippen molar-refractivity contribution in [3.63, 3.8) is 0 Å². The van der Waals surface area contributed by atoms with E-state index in [9.17, 15) is 10.1 Å². The molecule has 0 bridgehead atoms. The molecule has 0 unspecified atom stereocenters. The van der Waals surface area contributed by atoms with Gasteiger partial charge < -0.3 is 0 Å². The Hall–Kier alpha value is -1.44. The minimum absolute atomic E-state index is 0.0739. The Morgan fingerprint density at radius 3 is 2.72 bits per heavy atom. The van der Waals surface area contributed by atoms with E-state index in [1.54, 1.807) is 12.1 Å². The van der Waals surface area contributed by atoms with Gasteiger partial charge in [0.05, 0.1) is 9.95 Å². The normalized spacial score (nSPS) is 10.3. The summed E-state index contributed by atoms with van der Waals surface area (Å²) in [6, 6.07) is 3.29. The van der Waals surface area contributed by atoms with Crippen molar-refractivity contribution in [3.05, 3.63) is 44.9 Å². The van der Waals surface area contributed by atoms with Gasteiger partial charge in [-0.15, -0.1) is 0 Å². The van der Waals surface area contributed by atoms with E-state index in [0.717, 1.165) is 18.0 Å². The third kappa shape index (κ3) is 2.87. The van der Waals surface area contributed by atoms with Crippen LogP contribution in [0.25, 0.3) is 0 Å². The average Bonchev–Trinajstić information content (AvgIpc) is 2.32. The van der Waals surface area contributed by atoms with E-state index in [2.05, 4.69) is 15.0 Å². The quantitative estimate of drug-likeness (QED) is 0.375. The summed E-state index contributed by atoms with van der Waals surface area (Å²) in [4.78, 5) is 21.6. The third-order valence-electron chi connectivity index (χ3n) is 1.82. The highest BCUT2D eigenvalue weighted by molar-refractivity contribution is 7.99. The molecule has 2 aromatic rings. The fraction of sp³-hybridized carbons (Fsp3) is 0. The van der Waals surface area contributed by atoms with Gasteiger partial charge in [-0.1, -0.05) is 11.6 Å². The van der Waals surface area contributed by atoms with Crippen LogP contribution in [-0.2, 0) is 0 Å². The summed E-state index contributed by atoms with van der Waals surface area (Å²) in [6.45, 7) is 0. The summed E-state index contributed by atoms with van der Waals surface area (Å²) in [5.41, 5.74) is -0.244. The van der Waals surface area contributed by atoms with E-state index in [0.29, 0.717) is 10.0 Å². The van der Waals surface area contributed by atoms with Gasteiger partial charge in [0.1, 0.15) is 11.2 Å². The monoisotopic (exact) mass is 302 g/mol. The van der Waals surface area contributed by atoms with Gasteiger partial charge in [-0.3, -0.25) is 10.1 Å². The van der Waals surface area contributed by atoms with Crippen LogP contribution in [0.1, 0.15) is 0 Å². The van der Waals surface area contributed by atoms with Crippen LogP contribution in [0, 0.1) is 10.1 Å². The highest BCUT2D eigenvalue weighted by Gasteiger charge is 2.19. The molecule has 6 nitrogen and oxygen atoms in total. The predicted molar refractivity (Wildman–Crippen MR) is 67.1 cm³/mol. The van der Waals surface area contributed by atoms with Crippen molar-refractivity contribution in [2.24, 2.45) is 0 Å². The molecule has 0 aliphatic heterocycles. The first-order valence-corrected chi connectivity index (χ1v) is 6.10. The summed E-state index contributed by atoms with van der Waals surface area (Å²) in [5, 5.41) is 11.6. The maximum Gasteiger partial charge on any atom is 0.320 e. The number of rotatable bonds is 3. The van der Waals surface area contributed by atoms with Gasteiger partial charge in [0, 0.05) is 6.20 Å². The lowest BCUT2D eigenvalue weighted by atomic mass is 10.5. The van der Waals surface area contributed by atoms with Crippen molar-refractivity contribution in [2.75, 3.05) is 0 Å². The van der Waals surface area contributed by atoms with Crippen LogP contribution in [0.3, 0.4) is 0 Å². The van der Waals surface area contributed by atoms with Gasteiger partial charge >= 0.3 is 5.69 Å². The Morgan fingerprint density at radius 1 is 1.28 bits per heavy atom. The zero-order valence-corrected chi connectivity index (χ0v) is 10.9. The van der Waals surface area contributed by atoms with Gasteiger partial charge in [0.2, 0.25) is 5.28 Å². The lowest BCUT2D eigenvalue weighted by molar-refractivity contribution is -0.388. The van der Waals surface area contributed by atoms with Crippen LogP contribution in [0.15, 0.2) is 34.6 Å². The Labute approximate surface area is 116 Å². The number of halogens is 2. The van der Waals surface area contributed by atoms with E-state index in [4.69, 9.17) is 23.2 Å². The zero-order chi connectivity index (χ0) is 13.1. The molecule has 0 atom stereocenters. The van der Waals surface area contributed by atoms with Gasteiger partial charge in [-0.2, -0.15) is 0 Å². The van der Waals surface area contributed by atoms with Crippen LogP contribution in [0.4, 0.5) is 5.69 Å². The molecule has 0 amide bonds. The molecule has 18 heavy (non-hydrogen) atoms. The second-order valence-corrected chi connectivity index (χ2v) is 4.70. The second kappa shape index (κ2) is 5.47. The Bertz CT molecular complexity index is 611. The lowest BCUT2D eigenvalue weighted by Gasteiger charge is -2.02. The summed E-state index contributed by atoms with van der Waals surface area (Å²) < 4.78 is 0. The summed E-state index contributed by atoms with van der Waals surface area (Å²) >= 11 is 12.5. The van der Waals surface area contributed by atoms with Gasteiger partial charge in [0.15, 0.2) is 5.03 Å². The molecule has 2 rings (SSSR count). The van der Waals surface area contributed by atoms with Crippen molar-refractivity contribution < 1.29 is 4.92 Å². The molecule has 0 radical (unpaired) electrons. The van der Waals surface area contributed by atoms with Gasteiger partial charge in [0.25, 0.3) is 0 Å². The number of hydrogen-bond acceptors (Lipinski definition) is 6. The van der Waals surface area contributed by atoms with Crippen LogP contribution in [0.2, 0.25) is 10.3 Å². The van der Waals surface area contributed by atoms with E-state index in [1.165, 1.54) is 6.20 Å². The molecule has 0 spiro atoms. The molecule has 0 aromatic carbocycles. The second-order valence-electron chi connectivity index (χ2n) is 2.98. The molecular formula is C9H4Cl2N4O2S. The van der Waals surface area contributed by atoms with Crippen LogP contribution in [-0.4, -0.2) is 19.9 Å². The summed E-state index contributed by atoms with van der Waals surface area (Å²) in [7, 11) is 0. The highest BCUT2D eigenvalue weighted by Crippen LogP contribution is 2.35. The van der Waals surface area contributed by atoms with E-state index in [-0.39, 0.29) is 16.0 Å². The molecule has 9 heteroatoms. The molecule has 0 N–H and O–H groups in total. The smallest absolute Gasteiger partial charge is 0.258 e. The molecule has 0 saturated carbocycles. The largest absolute Gasteiger partial charge is 0.320 e. The predicted octanol–water partition coefficient (Wildman–Crippen LogP) is 3.24. The van der Waals surface area contributed by atoms with Crippen molar-refractivity contribution in [2.45, 2.75) is 10.1 Å². The van der Waals surface area contributed by atoms with Crippen LogP contribution in [0.5, 0.6) is 0 Å². The van der Waals surface area contributed by atoms with Crippen LogP contribution >= 0.6 is 35.0 Å². The van der Waals surface area contributed by atoms with Crippen LogP contribution < -0.4 is 0 Å². The molecule has 0 aliphatic rings. The minimum Gasteiger partial charge on any atom is -0.258 e. The summed E-state index contributed by atoms with van der Waals surface area (Å²) in [6.07, 6.45) is 2.58. The molecule has 92 valence electrons. The van der Waals surface area contributed by atoms with Gasteiger partial charge in [-0.25, -0.2) is 15.0 Å². The Kier molecular flexibility index (Phi) is 3.95. The fourth-order valence-electron chi connectivity index (χ4n) is 1.08. The third-order valence-corrected chi connectivity index (χ3v) is 3.43. The molecular weight excluding hydrogens is 299 g/mol. The minimum atomic E-state index is -0.588. The fourth-order valence-corrected chi connectivity index (χ4v) is 2.32. The zero-order valence-electron chi connectivity index (χ0n) is 8.58. The first-order valence-electron chi connectivity index (χ1n) is 4.53. The standard InChI is InChI=1S/C9H4Cl2N4O2S/c10-5-2-1-3-12-7(5)18-8-6(15(16)17)4-13-9(11)14-8/h1-4H. The number of nitrogens with zero attached hydrogens (tertiary/aromatic N) is 4. The maximum atomic E-state index is 10.8. The lowest BCUT2D eigenvalue weighted by Crippen LogP contribution is -1.96. The highest BCUT2D eigenvalue weighted by atomic mass is 35.5. The molecule has 2 heterocycles. The van der Waals surface area contributed by atoms with Crippen molar-refractivity contribution in [1.29, 1.82) is 0 Å². The molecule has 0 saturated heterocycles. The van der Waals surface area contributed by atoms with E-state index < -0.39 is 4.92 Å². The first kappa shape index (κ1) is 13.0. The van der Waals surface area contributed by atoms with Crippen molar-refractivity contribution >= 4 is 40.7 Å². The number of nitro groups is 1. The number of pyridine rings is 1. The molecule has 0 aliphatic carbocycles. The number of hydrogen-bond donors (Lipinski definition) is 0. The SMILES string of the molecule is O=[N+]([O-])c1cnc(Cl)nc1Sc1ncccc1Cl. The Morgan fingerprint density at radius 2 is 2.06 bits per heavy atom. The molecule has 0 fully saturated rings.